The van der Waals surface area contributed by atoms with Gasteiger partial charge in [0.2, 0.25) is 0 Å². The lowest BCUT2D eigenvalue weighted by atomic mass is 9.97. The number of hydrogen-bond acceptors (Lipinski definition) is 4. The third-order valence-corrected chi connectivity index (χ3v) is 4.10. The molecule has 0 aliphatic carbocycles. The average Bonchev–Trinajstić information content (AvgIpc) is 3.00. The highest BCUT2D eigenvalue weighted by atomic mass is 35.5. The second-order valence-electron chi connectivity index (χ2n) is 5.25. The zero-order chi connectivity index (χ0) is 16.3. The minimum Gasteiger partial charge on any atom is -0.384 e. The number of aliphatic hydroxyl groups excluding tert-OH is 1. The van der Waals surface area contributed by atoms with E-state index in [9.17, 15) is 5.11 Å². The molecule has 1 atom stereocenters. The van der Waals surface area contributed by atoms with Crippen LogP contribution in [0, 0.1) is 0 Å². The van der Waals surface area contributed by atoms with Crippen molar-refractivity contribution in [3.8, 4) is 0 Å². The van der Waals surface area contributed by atoms with E-state index in [1.165, 1.54) is 24.4 Å². The molecule has 0 aliphatic heterocycles. The van der Waals surface area contributed by atoms with Crippen molar-refractivity contribution in [3.63, 3.8) is 0 Å². The second-order valence-corrected chi connectivity index (χ2v) is 6.07. The predicted octanol–water partition coefficient (Wildman–Crippen LogP) is 3.37. The molecule has 0 saturated heterocycles. The van der Waals surface area contributed by atoms with Crippen LogP contribution in [0.3, 0.4) is 0 Å². The first kappa shape index (κ1) is 17.0. The fourth-order valence-corrected chi connectivity index (χ4v) is 2.38. The molecule has 0 spiro atoms. The second kappa shape index (κ2) is 6.79. The molecule has 0 fully saturated rings. The van der Waals surface area contributed by atoms with Gasteiger partial charge in [-0.15, -0.1) is 0 Å². The number of nitrogens with zero attached hydrogens (tertiary/aromatic N) is 3. The van der Waals surface area contributed by atoms with Gasteiger partial charge in [-0.3, -0.25) is 0 Å². The Balaban J connectivity index is 2.57. The molecule has 1 aromatic carbocycles. The molecule has 0 bridgehead atoms. The summed E-state index contributed by atoms with van der Waals surface area (Å²) in [6, 6.07) is 5.21. The molecule has 1 unspecified atom stereocenters. The number of benzene rings is 1. The third kappa shape index (κ3) is 3.50. The van der Waals surface area contributed by atoms with Crippen LogP contribution in [0.4, 0.5) is 0 Å². The van der Waals surface area contributed by atoms with E-state index in [2.05, 4.69) is 10.1 Å². The maximum atomic E-state index is 10.7. The van der Waals surface area contributed by atoms with E-state index in [4.69, 9.17) is 27.9 Å². The molecule has 1 heterocycles. The molecule has 2 rings (SSSR count). The Morgan fingerprint density at radius 3 is 2.50 bits per heavy atom. The van der Waals surface area contributed by atoms with Crippen LogP contribution in [0.2, 0.25) is 10.0 Å². The van der Waals surface area contributed by atoms with Gasteiger partial charge in [0.05, 0.1) is 11.3 Å². The Labute approximate surface area is 139 Å². The molecule has 0 aliphatic rings. The smallest absolute Gasteiger partial charge is 0.138 e. The number of methoxy groups -OCH3 is 1. The van der Waals surface area contributed by atoms with Crippen molar-refractivity contribution in [2.45, 2.75) is 25.6 Å². The van der Waals surface area contributed by atoms with Gasteiger partial charge in [-0.25, -0.2) is 9.67 Å². The molecule has 118 valence electrons. The van der Waals surface area contributed by atoms with Gasteiger partial charge in [0, 0.05) is 22.7 Å². The number of aliphatic hydroxyl groups is 1. The maximum Gasteiger partial charge on any atom is 0.138 e. The molecule has 1 aromatic heterocycles. The number of halogens is 2. The molecule has 0 radical (unpaired) electrons. The van der Waals surface area contributed by atoms with E-state index >= 15 is 0 Å². The molecule has 0 amide bonds. The van der Waals surface area contributed by atoms with E-state index in [-0.39, 0.29) is 0 Å². The molecular formula is C15H17Cl2N3O2. The summed E-state index contributed by atoms with van der Waals surface area (Å²) in [4.78, 5) is 3.91. The average molecular weight is 342 g/mol. The van der Waals surface area contributed by atoms with E-state index < -0.39 is 11.7 Å². The van der Waals surface area contributed by atoms with Crippen molar-refractivity contribution < 1.29 is 9.84 Å². The number of ether oxygens (including phenoxy) is 1. The van der Waals surface area contributed by atoms with E-state index in [1.54, 1.807) is 38.1 Å². The standard InChI is InChI=1S/C15H17Cl2N3O2/c1-15(2,22-3)14(21)13(20-9-18-8-19-20)7-10-11(16)5-4-6-12(10)17/h4-9,14,21H,1-3H3. The summed E-state index contributed by atoms with van der Waals surface area (Å²) in [5.74, 6) is 0. The van der Waals surface area contributed by atoms with Crippen molar-refractivity contribution >= 4 is 35.0 Å². The van der Waals surface area contributed by atoms with Crippen molar-refractivity contribution in [3.05, 3.63) is 46.5 Å². The van der Waals surface area contributed by atoms with E-state index in [0.717, 1.165) is 0 Å². The van der Waals surface area contributed by atoms with Gasteiger partial charge in [0.15, 0.2) is 0 Å². The quantitative estimate of drug-likeness (QED) is 0.905. The maximum absolute atomic E-state index is 10.7. The third-order valence-electron chi connectivity index (χ3n) is 3.44. The minimum atomic E-state index is -0.966. The van der Waals surface area contributed by atoms with Crippen LogP contribution in [0.15, 0.2) is 30.9 Å². The van der Waals surface area contributed by atoms with Crippen molar-refractivity contribution in [2.75, 3.05) is 7.11 Å². The molecule has 22 heavy (non-hydrogen) atoms. The largest absolute Gasteiger partial charge is 0.384 e. The Kier molecular flexibility index (Phi) is 5.24. The number of aromatic nitrogens is 3. The van der Waals surface area contributed by atoms with Crippen molar-refractivity contribution in [1.29, 1.82) is 0 Å². The first-order valence-corrected chi connectivity index (χ1v) is 7.36. The lowest BCUT2D eigenvalue weighted by molar-refractivity contribution is -0.0539. The Morgan fingerprint density at radius 1 is 1.36 bits per heavy atom. The zero-order valence-corrected chi connectivity index (χ0v) is 14.0. The number of hydrogen-bond donors (Lipinski definition) is 1. The van der Waals surface area contributed by atoms with Crippen molar-refractivity contribution in [1.82, 2.24) is 14.8 Å². The molecule has 1 N–H and O–H groups in total. The summed E-state index contributed by atoms with van der Waals surface area (Å²) in [5, 5.41) is 15.7. The predicted molar refractivity (Wildman–Crippen MR) is 87.7 cm³/mol. The first-order valence-electron chi connectivity index (χ1n) is 6.60. The van der Waals surface area contributed by atoms with Crippen LogP contribution < -0.4 is 0 Å². The van der Waals surface area contributed by atoms with Gasteiger partial charge >= 0.3 is 0 Å². The van der Waals surface area contributed by atoms with Gasteiger partial charge in [-0.05, 0) is 32.1 Å². The van der Waals surface area contributed by atoms with Crippen LogP contribution >= 0.6 is 23.2 Å². The Hall–Kier alpha value is -1.40. The van der Waals surface area contributed by atoms with Crippen LogP contribution in [0.1, 0.15) is 19.4 Å². The van der Waals surface area contributed by atoms with Crippen molar-refractivity contribution in [2.24, 2.45) is 0 Å². The minimum absolute atomic E-state index is 0.458. The summed E-state index contributed by atoms with van der Waals surface area (Å²) in [6.45, 7) is 3.55. The van der Waals surface area contributed by atoms with Gasteiger partial charge < -0.3 is 9.84 Å². The summed E-state index contributed by atoms with van der Waals surface area (Å²) in [6.07, 6.45) is 3.59. The number of rotatable bonds is 5. The normalized spacial score (nSPS) is 14.2. The van der Waals surface area contributed by atoms with Gasteiger partial charge in [0.25, 0.3) is 0 Å². The SMILES string of the molecule is COC(C)(C)C(O)C(=Cc1c(Cl)cccc1Cl)n1cncn1. The summed E-state index contributed by atoms with van der Waals surface area (Å²) < 4.78 is 6.82. The first-order chi connectivity index (χ1) is 10.4. The fourth-order valence-electron chi connectivity index (χ4n) is 1.88. The highest BCUT2D eigenvalue weighted by Gasteiger charge is 2.32. The van der Waals surface area contributed by atoms with E-state index in [0.29, 0.717) is 21.3 Å². The molecular weight excluding hydrogens is 325 g/mol. The van der Waals surface area contributed by atoms with Gasteiger partial charge in [-0.1, -0.05) is 29.3 Å². The van der Waals surface area contributed by atoms with Crippen LogP contribution in [-0.2, 0) is 4.74 Å². The highest BCUT2D eigenvalue weighted by Crippen LogP contribution is 2.31. The molecule has 5 nitrogen and oxygen atoms in total. The molecule has 0 saturated carbocycles. The summed E-state index contributed by atoms with van der Waals surface area (Å²) >= 11 is 12.4. The van der Waals surface area contributed by atoms with Crippen LogP contribution in [0.25, 0.3) is 11.8 Å². The van der Waals surface area contributed by atoms with Gasteiger partial charge in [0.1, 0.15) is 18.8 Å². The Morgan fingerprint density at radius 2 is 2.00 bits per heavy atom. The van der Waals surface area contributed by atoms with Crippen LogP contribution in [0.5, 0.6) is 0 Å². The topological polar surface area (TPSA) is 60.2 Å². The Bertz CT molecular complexity index is 649. The lowest BCUT2D eigenvalue weighted by Gasteiger charge is -2.30. The van der Waals surface area contributed by atoms with Crippen LogP contribution in [-0.4, -0.2) is 38.7 Å². The fraction of sp³-hybridized carbons (Fsp3) is 0.333. The van der Waals surface area contributed by atoms with E-state index in [1.807, 2.05) is 0 Å². The molecule has 7 heteroatoms. The zero-order valence-electron chi connectivity index (χ0n) is 12.5. The molecule has 2 aromatic rings. The highest BCUT2D eigenvalue weighted by molar-refractivity contribution is 6.37. The lowest BCUT2D eigenvalue weighted by Crippen LogP contribution is -2.40. The summed E-state index contributed by atoms with van der Waals surface area (Å²) in [5.41, 5.74) is 0.229. The monoisotopic (exact) mass is 341 g/mol. The van der Waals surface area contributed by atoms with Gasteiger partial charge in [-0.2, -0.15) is 5.10 Å². The summed E-state index contributed by atoms with van der Waals surface area (Å²) in [7, 11) is 1.53.